The number of hydrogen-bond acceptors (Lipinski definition) is 8. The fourth-order valence-corrected chi connectivity index (χ4v) is 3.59. The first kappa shape index (κ1) is 24.7. The maximum absolute atomic E-state index is 13.6. The molecule has 1 fully saturated rings. The molecule has 2 aromatic heterocycles. The number of hydrogen-bond donors (Lipinski definition) is 2. The van der Waals surface area contributed by atoms with Gasteiger partial charge in [-0.15, -0.1) is 0 Å². The Morgan fingerprint density at radius 1 is 1.23 bits per heavy atom. The van der Waals surface area contributed by atoms with Crippen LogP contribution < -0.4 is 10.2 Å². The first-order chi connectivity index (χ1) is 16.8. The molecule has 0 unspecified atom stereocenters. The molecule has 0 radical (unpaired) electrons. The van der Waals surface area contributed by atoms with Crippen molar-refractivity contribution in [2.75, 3.05) is 52.5 Å². The van der Waals surface area contributed by atoms with Gasteiger partial charge in [-0.3, -0.25) is 4.79 Å². The van der Waals surface area contributed by atoms with Gasteiger partial charge in [0.1, 0.15) is 5.82 Å². The number of halogens is 1. The van der Waals surface area contributed by atoms with E-state index < -0.39 is 11.7 Å². The summed E-state index contributed by atoms with van der Waals surface area (Å²) in [5.74, 6) is 0.442. The average molecular weight is 485 g/mol. The van der Waals surface area contributed by atoms with Crippen LogP contribution >= 0.6 is 0 Å². The summed E-state index contributed by atoms with van der Waals surface area (Å²) in [7, 11) is 5.28. The molecule has 11 heteroatoms. The molecular weight excluding hydrogens is 455 g/mol. The number of H-pyrrole nitrogens is 1. The Balaban J connectivity index is 1.61. The van der Waals surface area contributed by atoms with Crippen LogP contribution in [0.25, 0.3) is 22.6 Å². The van der Waals surface area contributed by atoms with Crippen molar-refractivity contribution in [1.82, 2.24) is 25.3 Å². The van der Waals surface area contributed by atoms with E-state index in [1.165, 1.54) is 12.1 Å². The minimum Gasteiger partial charge on any atom is -0.383 e. The summed E-state index contributed by atoms with van der Waals surface area (Å²) in [4.78, 5) is 31.2. The maximum atomic E-state index is 13.6. The van der Waals surface area contributed by atoms with E-state index >= 15 is 0 Å². The fourth-order valence-electron chi connectivity index (χ4n) is 3.59. The number of aromatic nitrogens is 4. The molecule has 4 rings (SSSR count). The minimum absolute atomic E-state index is 0.149. The highest BCUT2D eigenvalue weighted by atomic mass is 19.1. The highest BCUT2D eigenvalue weighted by Crippen LogP contribution is 2.35. The van der Waals surface area contributed by atoms with Crippen molar-refractivity contribution in [2.24, 2.45) is 5.41 Å². The van der Waals surface area contributed by atoms with Crippen molar-refractivity contribution in [2.45, 2.75) is 13.2 Å². The molecule has 0 spiro atoms. The molecule has 0 saturated carbocycles. The lowest BCUT2D eigenvalue weighted by Crippen LogP contribution is -2.49. The van der Waals surface area contributed by atoms with E-state index in [2.05, 4.69) is 20.3 Å². The monoisotopic (exact) mass is 484 g/mol. The summed E-state index contributed by atoms with van der Waals surface area (Å²) in [6.07, 6.45) is 0.853. The van der Waals surface area contributed by atoms with E-state index in [4.69, 9.17) is 19.2 Å². The highest BCUT2D eigenvalue weighted by Gasteiger charge is 2.40. The van der Waals surface area contributed by atoms with Crippen LogP contribution in [-0.2, 0) is 19.0 Å². The van der Waals surface area contributed by atoms with Gasteiger partial charge in [0, 0.05) is 39.5 Å². The van der Waals surface area contributed by atoms with E-state index in [0.29, 0.717) is 47.6 Å². The molecule has 0 aliphatic carbocycles. The summed E-state index contributed by atoms with van der Waals surface area (Å²) < 4.78 is 30.4. The molecule has 186 valence electrons. The Bertz CT molecular complexity index is 1160. The number of imidazole rings is 1. The molecule has 1 aliphatic rings. The molecule has 1 aliphatic heterocycles. The topological polar surface area (TPSA) is 114 Å². The Hall–Kier alpha value is -3.41. The first-order valence-corrected chi connectivity index (χ1v) is 11.2. The molecule has 10 nitrogen and oxygen atoms in total. The second kappa shape index (κ2) is 10.5. The normalized spacial score (nSPS) is 20.0. The molecule has 1 aromatic carbocycles. The molecular formula is C24H29FN6O4. The third-order valence-electron chi connectivity index (χ3n) is 5.61. The number of nitrogens with zero attached hydrogens (tertiary/aromatic N) is 4. The second-order valence-electron chi connectivity index (χ2n) is 8.75. The van der Waals surface area contributed by atoms with Crippen LogP contribution in [0, 0.1) is 11.2 Å². The van der Waals surface area contributed by atoms with Crippen molar-refractivity contribution in [3.8, 4) is 22.6 Å². The quantitative estimate of drug-likeness (QED) is 0.469. The molecule has 2 N–H and O–H groups in total. The number of rotatable bonds is 8. The Morgan fingerprint density at radius 2 is 1.94 bits per heavy atom. The summed E-state index contributed by atoms with van der Waals surface area (Å²) in [6.45, 7) is 2.91. The lowest BCUT2D eigenvalue weighted by molar-refractivity contribution is -0.231. The predicted molar refractivity (Wildman–Crippen MR) is 127 cm³/mol. The Kier molecular flexibility index (Phi) is 7.39. The van der Waals surface area contributed by atoms with Gasteiger partial charge >= 0.3 is 0 Å². The molecule has 1 amide bonds. The summed E-state index contributed by atoms with van der Waals surface area (Å²) in [6, 6.07) is 7.81. The lowest BCUT2D eigenvalue weighted by Gasteiger charge is -2.35. The van der Waals surface area contributed by atoms with E-state index in [9.17, 15) is 9.18 Å². The van der Waals surface area contributed by atoms with Crippen molar-refractivity contribution in [3.63, 3.8) is 0 Å². The number of ether oxygens (including phenoxy) is 3. The van der Waals surface area contributed by atoms with E-state index in [1.807, 2.05) is 14.1 Å². The van der Waals surface area contributed by atoms with Gasteiger partial charge in [-0.05, 0) is 37.3 Å². The summed E-state index contributed by atoms with van der Waals surface area (Å²) in [5.41, 5.74) is 1.66. The minimum atomic E-state index is -0.841. The lowest BCUT2D eigenvalue weighted by atomic mass is 9.91. The number of carbonyl (C=O) groups is 1. The summed E-state index contributed by atoms with van der Waals surface area (Å²) in [5, 5.41) is 2.83. The van der Waals surface area contributed by atoms with Gasteiger partial charge in [0.05, 0.1) is 42.3 Å². The molecule has 3 heterocycles. The third kappa shape index (κ3) is 5.47. The van der Waals surface area contributed by atoms with Crippen LogP contribution in [0.15, 0.2) is 36.5 Å². The van der Waals surface area contributed by atoms with Crippen molar-refractivity contribution in [3.05, 3.63) is 48.2 Å². The maximum Gasteiger partial charge on any atom is 0.230 e. The van der Waals surface area contributed by atoms with Crippen LogP contribution in [0.1, 0.15) is 19.0 Å². The number of carbonyl (C=O) groups excluding carboxylic acids is 1. The summed E-state index contributed by atoms with van der Waals surface area (Å²) >= 11 is 0. The predicted octanol–water partition coefficient (Wildman–Crippen LogP) is 2.55. The first-order valence-electron chi connectivity index (χ1n) is 11.2. The fraction of sp³-hybridized carbons (Fsp3) is 0.417. The van der Waals surface area contributed by atoms with Crippen LogP contribution in [0.3, 0.4) is 0 Å². The molecule has 0 atom stereocenters. The zero-order valence-corrected chi connectivity index (χ0v) is 20.2. The van der Waals surface area contributed by atoms with Crippen LogP contribution in [0.4, 0.5) is 10.3 Å². The zero-order valence-electron chi connectivity index (χ0n) is 20.2. The van der Waals surface area contributed by atoms with Crippen molar-refractivity contribution < 1.29 is 23.4 Å². The Morgan fingerprint density at radius 3 is 2.60 bits per heavy atom. The SMILES string of the molecule is COCCNC(=O)C1(C)COC(c2nc(-c3ccc(F)cc3)c(-c3ccnc(N(C)C)n3)[nH]2)OC1. The van der Waals surface area contributed by atoms with Crippen molar-refractivity contribution in [1.29, 1.82) is 0 Å². The van der Waals surface area contributed by atoms with Gasteiger partial charge in [-0.1, -0.05) is 0 Å². The number of benzene rings is 1. The Labute approximate surface area is 202 Å². The number of aromatic amines is 1. The van der Waals surface area contributed by atoms with Crippen LogP contribution in [0.5, 0.6) is 0 Å². The smallest absolute Gasteiger partial charge is 0.230 e. The standard InChI is InChI=1S/C24H29FN6O4/c1-24(22(32)26-11-12-33-4)13-34-21(35-14-24)20-29-18(15-5-7-16(25)8-6-15)19(30-20)17-9-10-27-23(28-17)31(2)3/h5-10,21H,11-14H2,1-4H3,(H,26,32)(H,29,30). The number of anilines is 1. The second-order valence-corrected chi connectivity index (χ2v) is 8.75. The van der Waals surface area contributed by atoms with Crippen molar-refractivity contribution >= 4 is 11.9 Å². The van der Waals surface area contributed by atoms with Gasteiger partial charge in [0.25, 0.3) is 0 Å². The van der Waals surface area contributed by atoms with Gasteiger partial charge in [-0.25, -0.2) is 19.3 Å². The van der Waals surface area contributed by atoms with Gasteiger partial charge in [-0.2, -0.15) is 0 Å². The number of methoxy groups -OCH3 is 1. The van der Waals surface area contributed by atoms with E-state index in [0.717, 1.165) is 0 Å². The highest BCUT2D eigenvalue weighted by molar-refractivity contribution is 5.82. The van der Waals surface area contributed by atoms with Crippen LogP contribution in [-0.4, -0.2) is 73.4 Å². The zero-order chi connectivity index (χ0) is 25.0. The largest absolute Gasteiger partial charge is 0.383 e. The van der Waals surface area contributed by atoms with Gasteiger partial charge in [0.15, 0.2) is 5.82 Å². The molecule has 0 bridgehead atoms. The molecule has 35 heavy (non-hydrogen) atoms. The van der Waals surface area contributed by atoms with E-state index in [-0.39, 0.29) is 24.9 Å². The van der Waals surface area contributed by atoms with Crippen LogP contribution in [0.2, 0.25) is 0 Å². The molecule has 3 aromatic rings. The third-order valence-corrected chi connectivity index (χ3v) is 5.61. The number of amides is 1. The number of nitrogens with one attached hydrogen (secondary N) is 2. The van der Waals surface area contributed by atoms with Gasteiger partial charge in [0.2, 0.25) is 18.1 Å². The van der Waals surface area contributed by atoms with Gasteiger partial charge < -0.3 is 29.4 Å². The average Bonchev–Trinajstić information content (AvgIpc) is 3.30. The molecule has 1 saturated heterocycles. The van der Waals surface area contributed by atoms with E-state index in [1.54, 1.807) is 43.3 Å².